The van der Waals surface area contributed by atoms with Gasteiger partial charge in [0.1, 0.15) is 0 Å². The van der Waals surface area contributed by atoms with Crippen LogP contribution in [0.1, 0.15) is 18.1 Å². The molecule has 1 aliphatic rings. The molecule has 116 valence electrons. The first-order valence-corrected chi connectivity index (χ1v) is 7.43. The van der Waals surface area contributed by atoms with Crippen LogP contribution >= 0.6 is 0 Å². The first kappa shape index (κ1) is 15.0. The largest absolute Gasteiger partial charge is 0.323 e. The van der Waals surface area contributed by atoms with Gasteiger partial charge >= 0.3 is 0 Å². The smallest absolute Gasteiger partial charge is 0.248 e. The maximum Gasteiger partial charge on any atom is 0.248 e. The summed E-state index contributed by atoms with van der Waals surface area (Å²) >= 11 is 0. The van der Waals surface area contributed by atoms with Crippen molar-refractivity contribution in [2.45, 2.75) is 13.3 Å². The van der Waals surface area contributed by atoms with Crippen LogP contribution < -0.4 is 10.2 Å². The van der Waals surface area contributed by atoms with E-state index in [-0.39, 0.29) is 11.8 Å². The van der Waals surface area contributed by atoms with Gasteiger partial charge in [-0.2, -0.15) is 0 Å². The molecule has 0 aliphatic carbocycles. The lowest BCUT2D eigenvalue weighted by atomic mass is 10.1. The van der Waals surface area contributed by atoms with E-state index in [0.29, 0.717) is 6.54 Å². The Balaban J connectivity index is 1.68. The molecule has 2 amide bonds. The van der Waals surface area contributed by atoms with Crippen LogP contribution in [0.3, 0.4) is 0 Å². The highest BCUT2D eigenvalue weighted by atomic mass is 16.2. The lowest BCUT2D eigenvalue weighted by Gasteiger charge is -2.14. The van der Waals surface area contributed by atoms with Gasteiger partial charge in [0.25, 0.3) is 0 Å². The number of carbonyl (C=O) groups excluding carboxylic acids is 2. The van der Waals surface area contributed by atoms with Crippen LogP contribution in [0.25, 0.3) is 6.08 Å². The number of pyridine rings is 1. The summed E-state index contributed by atoms with van der Waals surface area (Å²) in [5, 5.41) is 2.84. The second-order valence-corrected chi connectivity index (χ2v) is 5.37. The molecule has 0 fully saturated rings. The highest BCUT2D eigenvalue weighted by Gasteiger charge is 2.22. The van der Waals surface area contributed by atoms with Crippen molar-refractivity contribution in [3.8, 4) is 0 Å². The van der Waals surface area contributed by atoms with Crippen molar-refractivity contribution in [3.63, 3.8) is 0 Å². The minimum absolute atomic E-state index is 0.0416. The van der Waals surface area contributed by atoms with Crippen LogP contribution in [0.5, 0.6) is 0 Å². The molecule has 1 aromatic carbocycles. The number of rotatable bonds is 3. The number of hydrogen-bond acceptors (Lipinski definition) is 3. The fourth-order valence-corrected chi connectivity index (χ4v) is 2.64. The molecule has 1 N–H and O–H groups in total. The normalized spacial score (nSPS) is 13.2. The van der Waals surface area contributed by atoms with Crippen molar-refractivity contribution < 1.29 is 9.59 Å². The molecule has 3 rings (SSSR count). The van der Waals surface area contributed by atoms with Crippen molar-refractivity contribution in [1.82, 2.24) is 4.98 Å². The Bertz CT molecular complexity index is 769. The molecule has 0 saturated carbocycles. The SMILES string of the molecule is CC(=O)N1CCc2cc(NC(=O)/C=C/c3cccnc3)ccc21. The molecule has 0 unspecified atom stereocenters. The predicted molar refractivity (Wildman–Crippen MR) is 90.1 cm³/mol. The highest BCUT2D eigenvalue weighted by molar-refractivity contribution is 6.02. The minimum atomic E-state index is -0.199. The third-order valence-corrected chi connectivity index (χ3v) is 3.73. The molecule has 0 radical (unpaired) electrons. The molecule has 2 aromatic rings. The maximum absolute atomic E-state index is 12.0. The summed E-state index contributed by atoms with van der Waals surface area (Å²) in [4.78, 5) is 29.3. The van der Waals surface area contributed by atoms with Gasteiger partial charge in [0.15, 0.2) is 0 Å². The molecule has 5 heteroatoms. The first-order chi connectivity index (χ1) is 11.1. The van der Waals surface area contributed by atoms with E-state index in [0.717, 1.165) is 28.9 Å². The van der Waals surface area contributed by atoms with Crippen LogP contribution in [0.15, 0.2) is 48.8 Å². The summed E-state index contributed by atoms with van der Waals surface area (Å²) in [6.07, 6.45) is 7.38. The number of benzene rings is 1. The van der Waals surface area contributed by atoms with E-state index in [1.165, 1.54) is 6.08 Å². The molecule has 1 aliphatic heterocycles. The topological polar surface area (TPSA) is 62.3 Å². The van der Waals surface area contributed by atoms with E-state index in [1.807, 2.05) is 30.3 Å². The van der Waals surface area contributed by atoms with Gasteiger partial charge in [-0.3, -0.25) is 14.6 Å². The van der Waals surface area contributed by atoms with Gasteiger partial charge in [-0.1, -0.05) is 6.07 Å². The van der Waals surface area contributed by atoms with Crippen LogP contribution in [0, 0.1) is 0 Å². The minimum Gasteiger partial charge on any atom is -0.323 e. The molecule has 1 aromatic heterocycles. The Morgan fingerprint density at radius 3 is 2.91 bits per heavy atom. The van der Waals surface area contributed by atoms with Gasteiger partial charge in [-0.25, -0.2) is 0 Å². The number of nitrogens with one attached hydrogen (secondary N) is 1. The molecule has 5 nitrogen and oxygen atoms in total. The van der Waals surface area contributed by atoms with Gasteiger partial charge in [-0.05, 0) is 47.9 Å². The molecule has 23 heavy (non-hydrogen) atoms. The van der Waals surface area contributed by atoms with Crippen LogP contribution in [-0.4, -0.2) is 23.3 Å². The van der Waals surface area contributed by atoms with E-state index < -0.39 is 0 Å². The van der Waals surface area contributed by atoms with Crippen molar-refractivity contribution in [2.75, 3.05) is 16.8 Å². The van der Waals surface area contributed by atoms with E-state index in [1.54, 1.807) is 30.3 Å². The van der Waals surface area contributed by atoms with E-state index in [2.05, 4.69) is 10.3 Å². The Morgan fingerprint density at radius 1 is 1.30 bits per heavy atom. The summed E-state index contributed by atoms with van der Waals surface area (Å²) < 4.78 is 0. The highest BCUT2D eigenvalue weighted by Crippen LogP contribution is 2.30. The number of amides is 2. The Kier molecular flexibility index (Phi) is 4.19. The fraction of sp³-hybridized carbons (Fsp3) is 0.167. The van der Waals surface area contributed by atoms with E-state index in [9.17, 15) is 9.59 Å². The molecule has 0 atom stereocenters. The average Bonchev–Trinajstić information content (AvgIpc) is 2.97. The van der Waals surface area contributed by atoms with Gasteiger partial charge in [-0.15, -0.1) is 0 Å². The number of aromatic nitrogens is 1. The number of carbonyl (C=O) groups is 2. The lowest BCUT2D eigenvalue weighted by Crippen LogP contribution is -2.25. The second-order valence-electron chi connectivity index (χ2n) is 5.37. The third kappa shape index (κ3) is 3.45. The second kappa shape index (κ2) is 6.44. The summed E-state index contributed by atoms with van der Waals surface area (Å²) in [5.74, 6) is -0.157. The Labute approximate surface area is 134 Å². The molecular weight excluding hydrogens is 290 g/mol. The zero-order chi connectivity index (χ0) is 16.2. The van der Waals surface area contributed by atoms with Gasteiger partial charge in [0.2, 0.25) is 11.8 Å². The first-order valence-electron chi connectivity index (χ1n) is 7.43. The summed E-state index contributed by atoms with van der Waals surface area (Å²) in [5.41, 5.74) is 3.61. The summed E-state index contributed by atoms with van der Waals surface area (Å²) in [7, 11) is 0. The zero-order valence-electron chi connectivity index (χ0n) is 12.8. The van der Waals surface area contributed by atoms with Gasteiger partial charge < -0.3 is 10.2 Å². The number of nitrogens with zero attached hydrogens (tertiary/aromatic N) is 2. The number of hydrogen-bond donors (Lipinski definition) is 1. The average molecular weight is 307 g/mol. The Hall–Kier alpha value is -2.95. The van der Waals surface area contributed by atoms with Crippen LogP contribution in [-0.2, 0) is 16.0 Å². The van der Waals surface area contributed by atoms with Gasteiger partial charge in [0, 0.05) is 43.3 Å². The van der Waals surface area contributed by atoms with Crippen LogP contribution in [0.2, 0.25) is 0 Å². The molecular formula is C18H17N3O2. The maximum atomic E-state index is 12.0. The van der Waals surface area contributed by atoms with Crippen molar-refractivity contribution >= 4 is 29.3 Å². The summed E-state index contributed by atoms with van der Waals surface area (Å²) in [6.45, 7) is 2.26. The molecule has 0 bridgehead atoms. The monoisotopic (exact) mass is 307 g/mol. The molecule has 2 heterocycles. The number of anilines is 2. The van der Waals surface area contributed by atoms with Crippen molar-refractivity contribution in [1.29, 1.82) is 0 Å². The standard InChI is InChI=1S/C18H17N3O2/c1-13(22)21-10-8-15-11-16(5-6-17(15)21)20-18(23)7-4-14-3-2-9-19-12-14/h2-7,9,11-12H,8,10H2,1H3,(H,20,23)/b7-4+. The fourth-order valence-electron chi connectivity index (χ4n) is 2.64. The predicted octanol–water partition coefficient (Wildman–Crippen LogP) is 2.64. The third-order valence-electron chi connectivity index (χ3n) is 3.73. The van der Waals surface area contributed by atoms with E-state index in [4.69, 9.17) is 0 Å². The van der Waals surface area contributed by atoms with Crippen LogP contribution in [0.4, 0.5) is 11.4 Å². The number of fused-ring (bicyclic) bond motifs is 1. The van der Waals surface area contributed by atoms with E-state index >= 15 is 0 Å². The quantitative estimate of drug-likeness (QED) is 0.887. The lowest BCUT2D eigenvalue weighted by molar-refractivity contribution is -0.116. The van der Waals surface area contributed by atoms with Crippen molar-refractivity contribution in [3.05, 3.63) is 59.9 Å². The Morgan fingerprint density at radius 2 is 2.17 bits per heavy atom. The molecule has 0 spiro atoms. The molecule has 0 saturated heterocycles. The van der Waals surface area contributed by atoms with Gasteiger partial charge in [0.05, 0.1) is 0 Å². The summed E-state index contributed by atoms with van der Waals surface area (Å²) in [6, 6.07) is 9.32. The van der Waals surface area contributed by atoms with Crippen molar-refractivity contribution in [2.24, 2.45) is 0 Å². The zero-order valence-corrected chi connectivity index (χ0v) is 12.8.